The Hall–Kier alpha value is -1.04. The molecular formula is C17H30BNO3. The summed E-state index contributed by atoms with van der Waals surface area (Å²) in [6.45, 7) is 8.59. The summed E-state index contributed by atoms with van der Waals surface area (Å²) >= 11 is 0. The fraction of sp³-hybridized carbons (Fsp3) is 0.647. The van der Waals surface area contributed by atoms with Crippen LogP contribution in [0.5, 0.6) is 5.75 Å². The molecule has 0 heterocycles. The zero-order valence-electron chi connectivity index (χ0n) is 14.0. The molecule has 0 amide bonds. The van der Waals surface area contributed by atoms with Crippen LogP contribution in [-0.2, 0) is 0 Å². The molecule has 0 aliphatic heterocycles. The van der Waals surface area contributed by atoms with E-state index in [1.807, 2.05) is 0 Å². The molecule has 0 radical (unpaired) electrons. The highest BCUT2D eigenvalue weighted by Crippen LogP contribution is 2.08. The van der Waals surface area contributed by atoms with Crippen molar-refractivity contribution in [1.82, 2.24) is 4.90 Å². The molecule has 0 unspecified atom stereocenters. The lowest BCUT2D eigenvalue weighted by Crippen LogP contribution is -2.29. The molecule has 0 aliphatic carbocycles. The van der Waals surface area contributed by atoms with E-state index in [1.54, 1.807) is 24.3 Å². The first-order valence-electron chi connectivity index (χ1n) is 8.48. The topological polar surface area (TPSA) is 52.9 Å². The molecule has 22 heavy (non-hydrogen) atoms. The van der Waals surface area contributed by atoms with Crippen molar-refractivity contribution in [2.24, 2.45) is 0 Å². The van der Waals surface area contributed by atoms with Gasteiger partial charge in [-0.2, -0.15) is 0 Å². The van der Waals surface area contributed by atoms with Gasteiger partial charge in [0.1, 0.15) is 5.75 Å². The Kier molecular flexibility index (Phi) is 9.96. The molecule has 2 N–H and O–H groups in total. The van der Waals surface area contributed by atoms with E-state index < -0.39 is 7.12 Å². The van der Waals surface area contributed by atoms with Crippen LogP contribution in [0.3, 0.4) is 0 Å². The number of hydrogen-bond donors (Lipinski definition) is 2. The van der Waals surface area contributed by atoms with Crippen LogP contribution in [0, 0.1) is 0 Å². The molecule has 0 fully saturated rings. The molecule has 4 nitrogen and oxygen atoms in total. The first-order chi connectivity index (χ1) is 10.7. The van der Waals surface area contributed by atoms with Crippen molar-refractivity contribution >= 4 is 12.6 Å². The van der Waals surface area contributed by atoms with E-state index in [0.717, 1.165) is 18.7 Å². The van der Waals surface area contributed by atoms with Crippen molar-refractivity contribution in [1.29, 1.82) is 0 Å². The van der Waals surface area contributed by atoms with E-state index >= 15 is 0 Å². The van der Waals surface area contributed by atoms with E-state index in [9.17, 15) is 0 Å². The highest BCUT2D eigenvalue weighted by atomic mass is 16.5. The summed E-state index contributed by atoms with van der Waals surface area (Å²) in [7, 11) is -1.42. The number of ether oxygens (including phenoxy) is 1. The SMILES string of the molecule is CCCCN(CCCC)CCCOc1ccc(B(O)O)cc1. The molecular weight excluding hydrogens is 277 g/mol. The van der Waals surface area contributed by atoms with Gasteiger partial charge in [-0.3, -0.25) is 0 Å². The summed E-state index contributed by atoms with van der Waals surface area (Å²) in [5.74, 6) is 0.776. The van der Waals surface area contributed by atoms with Gasteiger partial charge in [0.15, 0.2) is 0 Å². The van der Waals surface area contributed by atoms with Gasteiger partial charge in [-0.25, -0.2) is 0 Å². The largest absolute Gasteiger partial charge is 0.494 e. The lowest BCUT2D eigenvalue weighted by molar-refractivity contribution is 0.229. The predicted octanol–water partition coefficient (Wildman–Crippen LogP) is 2.04. The highest BCUT2D eigenvalue weighted by Gasteiger charge is 2.10. The third-order valence-corrected chi connectivity index (χ3v) is 3.72. The zero-order chi connectivity index (χ0) is 16.2. The Labute approximate surface area is 135 Å². The second-order valence-electron chi connectivity index (χ2n) is 5.69. The van der Waals surface area contributed by atoms with E-state index in [0.29, 0.717) is 12.1 Å². The van der Waals surface area contributed by atoms with E-state index in [4.69, 9.17) is 14.8 Å². The lowest BCUT2D eigenvalue weighted by Gasteiger charge is -2.21. The average molecular weight is 307 g/mol. The van der Waals surface area contributed by atoms with Crippen molar-refractivity contribution in [3.63, 3.8) is 0 Å². The highest BCUT2D eigenvalue weighted by molar-refractivity contribution is 6.58. The molecule has 1 aromatic carbocycles. The van der Waals surface area contributed by atoms with Gasteiger partial charge in [0.2, 0.25) is 0 Å². The van der Waals surface area contributed by atoms with Crippen LogP contribution < -0.4 is 10.2 Å². The third-order valence-electron chi connectivity index (χ3n) is 3.72. The van der Waals surface area contributed by atoms with Gasteiger partial charge in [-0.15, -0.1) is 0 Å². The van der Waals surface area contributed by atoms with Crippen LogP contribution in [0.4, 0.5) is 0 Å². The normalized spacial score (nSPS) is 11.0. The fourth-order valence-electron chi connectivity index (χ4n) is 2.31. The summed E-state index contributed by atoms with van der Waals surface area (Å²) in [5.41, 5.74) is 0.484. The molecule has 1 rings (SSSR count). The van der Waals surface area contributed by atoms with Crippen LogP contribution >= 0.6 is 0 Å². The number of rotatable bonds is 12. The van der Waals surface area contributed by atoms with E-state index in [-0.39, 0.29) is 0 Å². The van der Waals surface area contributed by atoms with Gasteiger partial charge in [0.25, 0.3) is 0 Å². The van der Waals surface area contributed by atoms with Gasteiger partial charge in [0, 0.05) is 6.54 Å². The Bertz CT molecular complexity index is 376. The molecule has 0 spiro atoms. The Balaban J connectivity index is 2.26. The average Bonchev–Trinajstić information content (AvgIpc) is 2.53. The zero-order valence-corrected chi connectivity index (χ0v) is 14.0. The number of benzene rings is 1. The summed E-state index contributed by atoms with van der Waals surface area (Å²) in [6.07, 6.45) is 6.01. The maximum Gasteiger partial charge on any atom is 0.488 e. The number of nitrogens with zero attached hydrogens (tertiary/aromatic N) is 1. The predicted molar refractivity (Wildman–Crippen MR) is 92.6 cm³/mol. The van der Waals surface area contributed by atoms with Crippen LogP contribution in [0.2, 0.25) is 0 Å². The molecule has 5 heteroatoms. The maximum atomic E-state index is 9.04. The molecule has 0 bridgehead atoms. The number of hydrogen-bond acceptors (Lipinski definition) is 4. The molecule has 0 aliphatic rings. The Morgan fingerprint density at radius 1 is 0.909 bits per heavy atom. The molecule has 0 saturated carbocycles. The minimum Gasteiger partial charge on any atom is -0.494 e. The second kappa shape index (κ2) is 11.5. The smallest absolute Gasteiger partial charge is 0.488 e. The number of unbranched alkanes of at least 4 members (excludes halogenated alkanes) is 2. The van der Waals surface area contributed by atoms with Crippen molar-refractivity contribution in [3.8, 4) is 5.75 Å². The molecule has 1 aromatic rings. The van der Waals surface area contributed by atoms with Gasteiger partial charge in [0.05, 0.1) is 6.61 Å². The lowest BCUT2D eigenvalue weighted by atomic mass is 9.80. The van der Waals surface area contributed by atoms with Gasteiger partial charge >= 0.3 is 7.12 Å². The van der Waals surface area contributed by atoms with Crippen molar-refractivity contribution in [2.45, 2.75) is 46.0 Å². The second-order valence-corrected chi connectivity index (χ2v) is 5.69. The van der Waals surface area contributed by atoms with Crippen LogP contribution in [0.25, 0.3) is 0 Å². The first kappa shape index (κ1) is 19.0. The van der Waals surface area contributed by atoms with Crippen molar-refractivity contribution < 1.29 is 14.8 Å². The van der Waals surface area contributed by atoms with E-state index in [2.05, 4.69) is 18.7 Å². The molecule has 0 aromatic heterocycles. The van der Waals surface area contributed by atoms with Gasteiger partial charge in [-0.05, 0) is 49.9 Å². The quantitative estimate of drug-likeness (QED) is 0.458. The Morgan fingerprint density at radius 3 is 1.95 bits per heavy atom. The summed E-state index contributed by atoms with van der Waals surface area (Å²) in [4.78, 5) is 2.53. The van der Waals surface area contributed by atoms with Crippen LogP contribution in [-0.4, -0.2) is 48.3 Å². The van der Waals surface area contributed by atoms with Gasteiger partial charge < -0.3 is 19.7 Å². The van der Waals surface area contributed by atoms with E-state index in [1.165, 1.54) is 38.8 Å². The standard InChI is InChI=1S/C17H30BNO3/c1-3-5-12-19(13-6-4-2)14-7-15-22-17-10-8-16(9-11-17)18(20)21/h8-11,20-21H,3-7,12-15H2,1-2H3. The minimum absolute atomic E-state index is 0.484. The molecule has 124 valence electrons. The first-order valence-corrected chi connectivity index (χ1v) is 8.48. The monoisotopic (exact) mass is 307 g/mol. The summed E-state index contributed by atoms with van der Waals surface area (Å²) < 4.78 is 5.71. The summed E-state index contributed by atoms with van der Waals surface area (Å²) in [5, 5.41) is 18.1. The summed E-state index contributed by atoms with van der Waals surface area (Å²) in [6, 6.07) is 6.91. The molecule has 0 atom stereocenters. The van der Waals surface area contributed by atoms with Crippen LogP contribution in [0.1, 0.15) is 46.0 Å². The van der Waals surface area contributed by atoms with Crippen LogP contribution in [0.15, 0.2) is 24.3 Å². The van der Waals surface area contributed by atoms with Gasteiger partial charge in [-0.1, -0.05) is 38.8 Å². The van der Waals surface area contributed by atoms with Crippen molar-refractivity contribution in [3.05, 3.63) is 24.3 Å². The maximum absolute atomic E-state index is 9.04. The Morgan fingerprint density at radius 2 is 1.45 bits per heavy atom. The van der Waals surface area contributed by atoms with Crippen molar-refractivity contribution in [2.75, 3.05) is 26.2 Å². The fourth-order valence-corrected chi connectivity index (χ4v) is 2.31. The molecule has 0 saturated heterocycles. The third kappa shape index (κ3) is 7.83. The minimum atomic E-state index is -1.42.